The number of carbonyl (C=O) groups is 3. The Hall–Kier alpha value is -2.93. The lowest BCUT2D eigenvalue weighted by atomic mass is 10.1. The van der Waals surface area contributed by atoms with E-state index in [4.69, 9.17) is 4.74 Å². The van der Waals surface area contributed by atoms with Gasteiger partial charge in [-0.3, -0.25) is 4.79 Å². The van der Waals surface area contributed by atoms with E-state index in [0.717, 1.165) is 17.4 Å². The summed E-state index contributed by atoms with van der Waals surface area (Å²) in [5, 5.41) is 12.5. The van der Waals surface area contributed by atoms with E-state index in [-0.39, 0.29) is 12.3 Å². The van der Waals surface area contributed by atoms with Gasteiger partial charge in [-0.1, -0.05) is 30.3 Å². The van der Waals surface area contributed by atoms with Crippen molar-refractivity contribution >= 4 is 34.1 Å². The van der Waals surface area contributed by atoms with E-state index in [1.165, 1.54) is 0 Å². The Labute approximate surface area is 148 Å². The molecule has 2 rings (SSSR count). The van der Waals surface area contributed by atoms with Gasteiger partial charge in [-0.25, -0.2) is 9.59 Å². The molecule has 2 N–H and O–H groups in total. The molecule has 1 aromatic heterocycles. The van der Waals surface area contributed by atoms with E-state index in [0.29, 0.717) is 21.0 Å². The Morgan fingerprint density at radius 1 is 1.24 bits per heavy atom. The normalized spacial score (nSPS) is 11.0. The first-order valence-electron chi connectivity index (χ1n) is 7.51. The topological polar surface area (TPSA) is 92.7 Å². The summed E-state index contributed by atoms with van der Waals surface area (Å²) >= 11 is 1.08. The summed E-state index contributed by atoms with van der Waals surface area (Å²) in [6, 6.07) is 10.0. The Bertz CT molecular complexity index is 823. The van der Waals surface area contributed by atoms with Gasteiger partial charge in [0.05, 0.1) is 11.6 Å². The molecule has 25 heavy (non-hydrogen) atoms. The van der Waals surface area contributed by atoms with Crippen LogP contribution in [-0.4, -0.2) is 29.4 Å². The van der Waals surface area contributed by atoms with Crippen LogP contribution in [0.1, 0.15) is 32.5 Å². The number of carbonyl (C=O) groups excluding carboxylic acids is 2. The van der Waals surface area contributed by atoms with Gasteiger partial charge in [0, 0.05) is 11.6 Å². The minimum Gasteiger partial charge on any atom is -0.477 e. The fourth-order valence-electron chi connectivity index (χ4n) is 2.04. The van der Waals surface area contributed by atoms with Crippen LogP contribution in [0.15, 0.2) is 48.2 Å². The summed E-state index contributed by atoms with van der Waals surface area (Å²) in [5.74, 6) is -2.16. The predicted molar refractivity (Wildman–Crippen MR) is 95.1 cm³/mol. The second kappa shape index (κ2) is 8.25. The molecule has 0 bridgehead atoms. The highest BCUT2D eigenvalue weighted by atomic mass is 32.1. The molecular weight excluding hydrogens is 342 g/mol. The van der Waals surface area contributed by atoms with Crippen LogP contribution in [0, 0.1) is 6.92 Å². The monoisotopic (exact) mass is 359 g/mol. The molecule has 0 saturated heterocycles. The molecule has 0 saturated carbocycles. The van der Waals surface area contributed by atoms with Crippen molar-refractivity contribution in [1.29, 1.82) is 0 Å². The first-order valence-corrected chi connectivity index (χ1v) is 8.33. The Morgan fingerprint density at radius 3 is 2.52 bits per heavy atom. The zero-order valence-corrected chi connectivity index (χ0v) is 14.6. The van der Waals surface area contributed by atoms with Crippen LogP contribution in [0.4, 0.5) is 5.00 Å². The van der Waals surface area contributed by atoms with Crippen molar-refractivity contribution in [2.24, 2.45) is 0 Å². The molecule has 0 atom stereocenters. The quantitative estimate of drug-likeness (QED) is 0.446. The summed E-state index contributed by atoms with van der Waals surface area (Å²) in [6.07, 6.45) is 1.02. The third-order valence-corrected chi connectivity index (χ3v) is 4.33. The number of carboxylic acids is 1. The fourth-order valence-corrected chi connectivity index (χ4v) is 3.02. The van der Waals surface area contributed by atoms with Crippen molar-refractivity contribution in [1.82, 2.24) is 0 Å². The van der Waals surface area contributed by atoms with E-state index in [1.54, 1.807) is 50.2 Å². The van der Waals surface area contributed by atoms with Gasteiger partial charge >= 0.3 is 11.9 Å². The number of benzene rings is 1. The van der Waals surface area contributed by atoms with Crippen molar-refractivity contribution in [3.63, 3.8) is 0 Å². The van der Waals surface area contributed by atoms with Crippen molar-refractivity contribution in [3.8, 4) is 0 Å². The Morgan fingerprint density at radius 2 is 1.92 bits per heavy atom. The van der Waals surface area contributed by atoms with E-state index < -0.39 is 17.7 Å². The molecule has 0 fully saturated rings. The summed E-state index contributed by atoms with van der Waals surface area (Å²) in [5.41, 5.74) is 0.785. The maximum absolute atomic E-state index is 12.2. The largest absolute Gasteiger partial charge is 0.477 e. The minimum absolute atomic E-state index is 0.255. The summed E-state index contributed by atoms with van der Waals surface area (Å²) in [6.45, 7) is 3.69. The van der Waals surface area contributed by atoms with Gasteiger partial charge in [-0.2, -0.15) is 0 Å². The standard InChI is InChI=1S/C18H17NO5S/c1-3-24-18(23)16-11(2)9-15(25-16)19-13(17(21)22)10-14(20)12-7-5-4-6-8-12/h4-10,19H,3H2,1-2H3,(H,21,22). The lowest BCUT2D eigenvalue weighted by Gasteiger charge is -2.04. The SMILES string of the molecule is CCOC(=O)c1sc(NC(=CC(=O)c2ccccc2)C(=O)O)cc1C. The highest BCUT2D eigenvalue weighted by Gasteiger charge is 2.17. The lowest BCUT2D eigenvalue weighted by Crippen LogP contribution is -2.12. The van der Waals surface area contributed by atoms with Crippen LogP contribution < -0.4 is 5.32 Å². The van der Waals surface area contributed by atoms with E-state index >= 15 is 0 Å². The molecule has 2 aromatic rings. The van der Waals surface area contributed by atoms with Crippen molar-refractivity contribution in [3.05, 3.63) is 64.2 Å². The van der Waals surface area contributed by atoms with Crippen LogP contribution >= 0.6 is 11.3 Å². The smallest absolute Gasteiger partial charge is 0.352 e. The number of nitrogens with one attached hydrogen (secondary N) is 1. The number of anilines is 1. The van der Waals surface area contributed by atoms with Crippen LogP contribution in [-0.2, 0) is 9.53 Å². The highest BCUT2D eigenvalue weighted by molar-refractivity contribution is 7.18. The summed E-state index contributed by atoms with van der Waals surface area (Å²) < 4.78 is 4.96. The highest BCUT2D eigenvalue weighted by Crippen LogP contribution is 2.28. The number of hydrogen-bond acceptors (Lipinski definition) is 6. The summed E-state index contributed by atoms with van der Waals surface area (Å²) in [7, 11) is 0. The second-order valence-corrected chi connectivity index (χ2v) is 6.11. The molecule has 1 aromatic carbocycles. The average molecular weight is 359 g/mol. The first kappa shape index (κ1) is 18.4. The van der Waals surface area contributed by atoms with Crippen LogP contribution in [0.3, 0.4) is 0 Å². The van der Waals surface area contributed by atoms with Crippen molar-refractivity contribution in [2.75, 3.05) is 11.9 Å². The maximum atomic E-state index is 12.2. The number of aryl methyl sites for hydroxylation is 1. The molecule has 130 valence electrons. The van der Waals surface area contributed by atoms with E-state index in [9.17, 15) is 19.5 Å². The molecule has 0 unspecified atom stereocenters. The van der Waals surface area contributed by atoms with Crippen LogP contribution in [0.5, 0.6) is 0 Å². The number of allylic oxidation sites excluding steroid dienone is 1. The van der Waals surface area contributed by atoms with E-state index in [1.807, 2.05) is 0 Å². The Kier molecular flexibility index (Phi) is 6.08. The van der Waals surface area contributed by atoms with Gasteiger partial charge in [-0.05, 0) is 25.5 Å². The first-order chi connectivity index (χ1) is 11.9. The molecule has 0 spiro atoms. The number of ketones is 1. The predicted octanol–water partition coefficient (Wildman–Crippen LogP) is 3.50. The molecule has 0 aliphatic carbocycles. The van der Waals surface area contributed by atoms with Gasteiger partial charge in [-0.15, -0.1) is 11.3 Å². The van der Waals surface area contributed by atoms with Gasteiger partial charge in [0.15, 0.2) is 5.78 Å². The molecule has 0 aliphatic rings. The summed E-state index contributed by atoms with van der Waals surface area (Å²) in [4.78, 5) is 35.8. The molecule has 0 radical (unpaired) electrons. The van der Waals surface area contributed by atoms with Crippen molar-refractivity contribution in [2.45, 2.75) is 13.8 Å². The zero-order valence-electron chi connectivity index (χ0n) is 13.7. The van der Waals surface area contributed by atoms with Gasteiger partial charge in [0.25, 0.3) is 0 Å². The van der Waals surface area contributed by atoms with Crippen LogP contribution in [0.25, 0.3) is 0 Å². The number of esters is 1. The molecule has 1 heterocycles. The number of hydrogen-bond donors (Lipinski definition) is 2. The number of ether oxygens (including phenoxy) is 1. The van der Waals surface area contributed by atoms with Gasteiger partial charge in [0.1, 0.15) is 10.6 Å². The van der Waals surface area contributed by atoms with Crippen LogP contribution in [0.2, 0.25) is 0 Å². The maximum Gasteiger partial charge on any atom is 0.352 e. The van der Waals surface area contributed by atoms with Gasteiger partial charge in [0.2, 0.25) is 0 Å². The average Bonchev–Trinajstić information content (AvgIpc) is 2.95. The number of carboxylic acid groups (broad SMARTS) is 1. The zero-order chi connectivity index (χ0) is 18.4. The number of aliphatic carboxylic acids is 1. The molecule has 6 nitrogen and oxygen atoms in total. The number of rotatable bonds is 7. The van der Waals surface area contributed by atoms with E-state index in [2.05, 4.69) is 5.32 Å². The fraction of sp³-hybridized carbons (Fsp3) is 0.167. The Balaban J connectivity index is 2.24. The second-order valence-electron chi connectivity index (χ2n) is 5.06. The van der Waals surface area contributed by atoms with Crippen molar-refractivity contribution < 1.29 is 24.2 Å². The molecular formula is C18H17NO5S. The molecule has 0 amide bonds. The third kappa shape index (κ3) is 4.77. The lowest BCUT2D eigenvalue weighted by molar-refractivity contribution is -0.132. The minimum atomic E-state index is -1.27. The third-order valence-electron chi connectivity index (χ3n) is 3.20. The van der Waals surface area contributed by atoms with Gasteiger partial charge < -0.3 is 15.2 Å². The molecule has 0 aliphatic heterocycles. The molecule has 7 heteroatoms. The number of thiophene rings is 1.